The molecule has 124 valence electrons. The number of aryl methyl sites for hydroxylation is 1. The fourth-order valence-corrected chi connectivity index (χ4v) is 2.91. The van der Waals surface area contributed by atoms with Crippen LogP contribution in [-0.4, -0.2) is 20.1 Å². The van der Waals surface area contributed by atoms with Gasteiger partial charge in [-0.25, -0.2) is 13.9 Å². The first-order valence-electron chi connectivity index (χ1n) is 7.51. The van der Waals surface area contributed by atoms with Crippen LogP contribution in [0, 0.1) is 12.7 Å². The molecule has 2 heterocycles. The summed E-state index contributed by atoms with van der Waals surface area (Å²) in [7, 11) is 0. The SMILES string of the molecule is Cc1ccc2cnn(C(C(N)=O)C(C)c3ccc(F)cc3)c(=O)n12. The Morgan fingerprint density at radius 1 is 1.21 bits per heavy atom. The van der Waals surface area contributed by atoms with Crippen LogP contribution in [0.15, 0.2) is 47.4 Å². The number of carbonyl (C=O) groups excluding carboxylic acids is 1. The topological polar surface area (TPSA) is 82.4 Å². The van der Waals surface area contributed by atoms with Crippen molar-refractivity contribution in [2.24, 2.45) is 5.73 Å². The molecule has 7 heteroatoms. The molecule has 24 heavy (non-hydrogen) atoms. The number of nitrogens with two attached hydrogens (primary N) is 1. The zero-order chi connectivity index (χ0) is 17.4. The van der Waals surface area contributed by atoms with E-state index in [-0.39, 0.29) is 5.82 Å². The minimum atomic E-state index is -0.978. The second-order valence-corrected chi connectivity index (χ2v) is 5.79. The van der Waals surface area contributed by atoms with Gasteiger partial charge < -0.3 is 5.73 Å². The molecule has 2 N–H and O–H groups in total. The summed E-state index contributed by atoms with van der Waals surface area (Å²) < 4.78 is 15.7. The lowest BCUT2D eigenvalue weighted by Crippen LogP contribution is -2.40. The molecule has 0 saturated heterocycles. The van der Waals surface area contributed by atoms with Gasteiger partial charge in [0.2, 0.25) is 5.91 Å². The highest BCUT2D eigenvalue weighted by Gasteiger charge is 2.29. The average Bonchev–Trinajstić information content (AvgIpc) is 2.92. The molecule has 2 unspecified atom stereocenters. The molecule has 0 saturated carbocycles. The average molecular weight is 328 g/mol. The maximum atomic E-state index is 13.1. The Kier molecular flexibility index (Phi) is 3.92. The molecule has 0 aliphatic heterocycles. The van der Waals surface area contributed by atoms with Crippen LogP contribution < -0.4 is 11.4 Å². The van der Waals surface area contributed by atoms with Crippen molar-refractivity contribution >= 4 is 11.4 Å². The smallest absolute Gasteiger partial charge is 0.350 e. The zero-order valence-corrected chi connectivity index (χ0v) is 13.3. The van der Waals surface area contributed by atoms with Crippen LogP contribution >= 0.6 is 0 Å². The van der Waals surface area contributed by atoms with E-state index >= 15 is 0 Å². The lowest BCUT2D eigenvalue weighted by Gasteiger charge is -2.22. The first-order chi connectivity index (χ1) is 11.4. The summed E-state index contributed by atoms with van der Waals surface area (Å²) in [4.78, 5) is 24.8. The van der Waals surface area contributed by atoms with E-state index < -0.39 is 23.6 Å². The first kappa shape index (κ1) is 15.9. The van der Waals surface area contributed by atoms with E-state index in [1.807, 2.05) is 0 Å². The van der Waals surface area contributed by atoms with Crippen LogP contribution in [0.2, 0.25) is 0 Å². The van der Waals surface area contributed by atoms with Crippen molar-refractivity contribution in [3.8, 4) is 0 Å². The van der Waals surface area contributed by atoms with Crippen molar-refractivity contribution in [1.82, 2.24) is 14.2 Å². The number of amides is 1. The standard InChI is InChI=1S/C17H17FN4O2/c1-10-3-8-14-9-20-22(17(24)21(10)14)15(16(19)23)11(2)12-4-6-13(18)7-5-12/h3-9,11,15H,1-2H3,(H2,19,23). The van der Waals surface area contributed by atoms with E-state index in [1.54, 1.807) is 38.1 Å². The van der Waals surface area contributed by atoms with Crippen molar-refractivity contribution in [3.05, 3.63) is 70.2 Å². The number of nitrogens with zero attached hydrogens (tertiary/aromatic N) is 3. The van der Waals surface area contributed by atoms with Crippen LogP contribution in [0.1, 0.15) is 30.1 Å². The third-order valence-electron chi connectivity index (χ3n) is 4.23. The molecule has 3 aromatic rings. The van der Waals surface area contributed by atoms with Gasteiger partial charge in [0, 0.05) is 11.6 Å². The molecule has 2 atom stereocenters. The number of primary amides is 1. The van der Waals surface area contributed by atoms with E-state index in [1.165, 1.54) is 22.7 Å². The maximum Gasteiger partial charge on any atom is 0.350 e. The largest absolute Gasteiger partial charge is 0.368 e. The highest BCUT2D eigenvalue weighted by Crippen LogP contribution is 2.27. The second-order valence-electron chi connectivity index (χ2n) is 5.79. The molecular weight excluding hydrogens is 311 g/mol. The minimum absolute atomic E-state index is 0.374. The van der Waals surface area contributed by atoms with Crippen LogP contribution in [0.3, 0.4) is 0 Å². The lowest BCUT2D eigenvalue weighted by atomic mass is 9.93. The van der Waals surface area contributed by atoms with Crippen LogP contribution in [0.5, 0.6) is 0 Å². The highest BCUT2D eigenvalue weighted by molar-refractivity contribution is 5.79. The van der Waals surface area contributed by atoms with Crippen molar-refractivity contribution in [1.29, 1.82) is 0 Å². The Morgan fingerprint density at radius 2 is 1.88 bits per heavy atom. The van der Waals surface area contributed by atoms with Gasteiger partial charge in [0.15, 0.2) is 0 Å². The van der Waals surface area contributed by atoms with Crippen molar-refractivity contribution in [3.63, 3.8) is 0 Å². The van der Waals surface area contributed by atoms with Crippen LogP contribution in [0.4, 0.5) is 4.39 Å². The van der Waals surface area contributed by atoms with Crippen LogP contribution in [-0.2, 0) is 4.79 Å². The Balaban J connectivity index is 2.13. The summed E-state index contributed by atoms with van der Waals surface area (Å²) in [5.41, 5.74) is 7.18. The third-order valence-corrected chi connectivity index (χ3v) is 4.23. The van der Waals surface area contributed by atoms with E-state index in [2.05, 4.69) is 5.10 Å². The summed E-state index contributed by atoms with van der Waals surface area (Å²) in [5.74, 6) is -1.49. The normalized spacial score (nSPS) is 13.8. The van der Waals surface area contributed by atoms with Gasteiger partial charge in [0.05, 0.1) is 11.7 Å². The molecule has 0 fully saturated rings. The predicted octanol–water partition coefficient (Wildman–Crippen LogP) is 1.77. The van der Waals surface area contributed by atoms with Gasteiger partial charge >= 0.3 is 5.69 Å². The number of carbonyl (C=O) groups is 1. The number of rotatable bonds is 4. The van der Waals surface area contributed by atoms with E-state index in [4.69, 9.17) is 5.73 Å². The fraction of sp³-hybridized carbons (Fsp3) is 0.235. The lowest BCUT2D eigenvalue weighted by molar-refractivity contribution is -0.122. The number of benzene rings is 1. The zero-order valence-electron chi connectivity index (χ0n) is 13.3. The van der Waals surface area contributed by atoms with Gasteiger partial charge in [-0.2, -0.15) is 5.10 Å². The second kappa shape index (κ2) is 5.92. The molecule has 6 nitrogen and oxygen atoms in total. The molecule has 0 spiro atoms. The van der Waals surface area contributed by atoms with Gasteiger partial charge in [-0.15, -0.1) is 0 Å². The summed E-state index contributed by atoms with van der Waals surface area (Å²) in [6.45, 7) is 3.55. The summed E-state index contributed by atoms with van der Waals surface area (Å²) in [5, 5.41) is 4.11. The number of fused-ring (bicyclic) bond motifs is 1. The molecule has 0 radical (unpaired) electrons. The van der Waals surface area contributed by atoms with Gasteiger partial charge in [0.1, 0.15) is 11.9 Å². The summed E-state index contributed by atoms with van der Waals surface area (Å²) in [6.07, 6.45) is 1.52. The minimum Gasteiger partial charge on any atom is -0.368 e. The summed E-state index contributed by atoms with van der Waals surface area (Å²) in [6, 6.07) is 8.34. The quantitative estimate of drug-likeness (QED) is 0.792. The van der Waals surface area contributed by atoms with Gasteiger partial charge in [-0.05, 0) is 36.8 Å². The van der Waals surface area contributed by atoms with Crippen LogP contribution in [0.25, 0.3) is 5.52 Å². The molecule has 3 rings (SSSR count). The molecule has 0 bridgehead atoms. The molecule has 1 aromatic carbocycles. The van der Waals surface area contributed by atoms with Gasteiger partial charge in [0.25, 0.3) is 0 Å². The fourth-order valence-electron chi connectivity index (χ4n) is 2.91. The number of hydrogen-bond donors (Lipinski definition) is 1. The Morgan fingerprint density at radius 3 is 2.50 bits per heavy atom. The van der Waals surface area contributed by atoms with E-state index in [9.17, 15) is 14.0 Å². The number of hydrogen-bond acceptors (Lipinski definition) is 3. The van der Waals surface area contributed by atoms with E-state index in [0.29, 0.717) is 11.1 Å². The van der Waals surface area contributed by atoms with E-state index in [0.717, 1.165) is 10.4 Å². The molecular formula is C17H17FN4O2. The number of aromatic nitrogens is 3. The Hall–Kier alpha value is -2.96. The molecule has 2 aromatic heterocycles. The first-order valence-corrected chi connectivity index (χ1v) is 7.51. The number of halogens is 1. The van der Waals surface area contributed by atoms with Crippen molar-refractivity contribution < 1.29 is 9.18 Å². The van der Waals surface area contributed by atoms with Crippen molar-refractivity contribution in [2.75, 3.05) is 0 Å². The molecule has 0 aliphatic rings. The monoisotopic (exact) mass is 328 g/mol. The van der Waals surface area contributed by atoms with Crippen molar-refractivity contribution in [2.45, 2.75) is 25.8 Å². The highest BCUT2D eigenvalue weighted by atomic mass is 19.1. The third kappa shape index (κ3) is 2.58. The van der Waals surface area contributed by atoms with Gasteiger partial charge in [-0.1, -0.05) is 19.1 Å². The summed E-state index contributed by atoms with van der Waals surface area (Å²) >= 11 is 0. The predicted molar refractivity (Wildman–Crippen MR) is 87.2 cm³/mol. The van der Waals surface area contributed by atoms with Gasteiger partial charge in [-0.3, -0.25) is 9.20 Å². The maximum absolute atomic E-state index is 13.1. The molecule has 1 amide bonds. The molecule has 0 aliphatic carbocycles. The Labute approximate surface area is 137 Å². The Bertz CT molecular complexity index is 959.